The highest BCUT2D eigenvalue weighted by molar-refractivity contribution is 7.92. The first kappa shape index (κ1) is 24.1. The van der Waals surface area contributed by atoms with Gasteiger partial charge < -0.3 is 11.1 Å². The van der Waals surface area contributed by atoms with Gasteiger partial charge in [-0.15, -0.1) is 0 Å². The van der Waals surface area contributed by atoms with Crippen molar-refractivity contribution >= 4 is 33.3 Å². The molecule has 0 unspecified atom stereocenters. The third-order valence-corrected chi connectivity index (χ3v) is 5.86. The summed E-state index contributed by atoms with van der Waals surface area (Å²) in [6.07, 6.45) is 2.20. The van der Waals surface area contributed by atoms with Crippen molar-refractivity contribution < 1.29 is 31.2 Å². The molecule has 33 heavy (non-hydrogen) atoms. The lowest BCUT2D eigenvalue weighted by atomic mass is 10.2. The fourth-order valence-corrected chi connectivity index (χ4v) is 3.78. The molecule has 0 spiro atoms. The molecule has 0 saturated heterocycles. The van der Waals surface area contributed by atoms with Crippen LogP contribution in [0.4, 0.5) is 13.2 Å². The van der Waals surface area contributed by atoms with Crippen molar-refractivity contribution in [2.75, 3.05) is 0 Å². The van der Waals surface area contributed by atoms with Crippen LogP contribution in [0.15, 0.2) is 41.8 Å². The normalized spacial score (nSPS) is 12.9. The van der Waals surface area contributed by atoms with Gasteiger partial charge in [-0.05, 0) is 25.1 Å². The molecule has 174 valence electrons. The molecular weight excluding hydrogens is 491 g/mol. The summed E-state index contributed by atoms with van der Waals surface area (Å²) in [5, 5.41) is 6.03. The number of hydrogen-bond donors (Lipinski definition) is 2. The number of nitrogens with two attached hydrogens (primary N) is 1. The summed E-state index contributed by atoms with van der Waals surface area (Å²) in [6.45, 7) is 1.48. The van der Waals surface area contributed by atoms with Crippen molar-refractivity contribution in [3.63, 3.8) is 0 Å². The maximum absolute atomic E-state index is 12.9. The lowest BCUT2D eigenvalue weighted by Crippen LogP contribution is -2.29. The van der Waals surface area contributed by atoms with Crippen LogP contribution in [0.3, 0.4) is 0 Å². The first-order valence-electron chi connectivity index (χ1n) is 8.76. The van der Waals surface area contributed by atoms with Gasteiger partial charge in [0, 0.05) is 16.7 Å². The minimum Gasteiger partial charge on any atom is -0.364 e. The average molecular weight is 504 g/mol. The molecule has 0 saturated carbocycles. The lowest BCUT2D eigenvalue weighted by molar-refractivity contribution is -0.0436. The van der Waals surface area contributed by atoms with Crippen molar-refractivity contribution in [2.24, 2.45) is 5.73 Å². The first-order chi connectivity index (χ1) is 15.3. The summed E-state index contributed by atoms with van der Waals surface area (Å²) in [7, 11) is -5.72. The topological polar surface area (TPSA) is 163 Å². The number of benzene rings is 1. The second-order valence-electron chi connectivity index (χ2n) is 6.48. The summed E-state index contributed by atoms with van der Waals surface area (Å²) < 4.78 is 63.2. The van der Waals surface area contributed by atoms with Gasteiger partial charge in [-0.2, -0.15) is 23.0 Å². The second kappa shape index (κ2) is 8.74. The highest BCUT2D eigenvalue weighted by Gasteiger charge is 2.47. The van der Waals surface area contributed by atoms with E-state index in [0.717, 1.165) is 18.7 Å². The molecule has 3 aromatic rings. The minimum absolute atomic E-state index is 0.101. The van der Waals surface area contributed by atoms with Crippen molar-refractivity contribution in [3.05, 3.63) is 59.0 Å². The third kappa shape index (κ3) is 4.93. The van der Waals surface area contributed by atoms with Crippen LogP contribution in [-0.2, 0) is 9.84 Å². The predicted molar refractivity (Wildman–Crippen MR) is 106 cm³/mol. The zero-order valence-electron chi connectivity index (χ0n) is 16.4. The standard InChI is InChI=1S/C17H13ClF3N7O4S/c1-8(15-25-7-26-28(15)13-5-12(14(22)29)23-6-24-13)27-16(30)9-2-10(18)4-11(3-9)33(31,32)17(19,20)21/h2-8H,1H3,(H2,22,29)(H,27,30)/t8-/m0/s1. The summed E-state index contributed by atoms with van der Waals surface area (Å²) in [5.74, 6) is -1.51. The third-order valence-electron chi connectivity index (χ3n) is 4.18. The smallest absolute Gasteiger partial charge is 0.364 e. The molecule has 0 aliphatic carbocycles. The summed E-state index contributed by atoms with van der Waals surface area (Å²) >= 11 is 5.74. The Morgan fingerprint density at radius 1 is 1.12 bits per heavy atom. The molecule has 0 aliphatic rings. The first-order valence-corrected chi connectivity index (χ1v) is 10.6. The monoisotopic (exact) mass is 503 g/mol. The molecule has 0 fully saturated rings. The summed E-state index contributed by atoms with van der Waals surface area (Å²) in [4.78, 5) is 34.5. The molecule has 2 aromatic heterocycles. The van der Waals surface area contributed by atoms with Crippen molar-refractivity contribution in [2.45, 2.75) is 23.4 Å². The van der Waals surface area contributed by atoms with Gasteiger partial charge in [0.1, 0.15) is 18.3 Å². The van der Waals surface area contributed by atoms with Gasteiger partial charge >= 0.3 is 5.51 Å². The molecule has 0 aliphatic heterocycles. The van der Waals surface area contributed by atoms with E-state index < -0.39 is 43.7 Å². The molecule has 1 aromatic carbocycles. The van der Waals surface area contributed by atoms with Crippen molar-refractivity contribution in [1.82, 2.24) is 30.0 Å². The van der Waals surface area contributed by atoms with Gasteiger partial charge in [0.25, 0.3) is 21.7 Å². The molecule has 3 N–H and O–H groups in total. The number of hydrogen-bond acceptors (Lipinski definition) is 8. The second-order valence-corrected chi connectivity index (χ2v) is 8.85. The van der Waals surface area contributed by atoms with E-state index >= 15 is 0 Å². The fraction of sp³-hybridized carbons (Fsp3) is 0.176. The molecule has 2 amide bonds. The van der Waals surface area contributed by atoms with Crippen LogP contribution >= 0.6 is 11.6 Å². The van der Waals surface area contributed by atoms with E-state index in [0.29, 0.717) is 12.1 Å². The number of nitrogens with zero attached hydrogens (tertiary/aromatic N) is 5. The van der Waals surface area contributed by atoms with Gasteiger partial charge in [0.2, 0.25) is 0 Å². The minimum atomic E-state index is -5.72. The Morgan fingerprint density at radius 2 is 1.82 bits per heavy atom. The van der Waals surface area contributed by atoms with Crippen LogP contribution in [-0.4, -0.2) is 50.5 Å². The Kier molecular flexibility index (Phi) is 6.37. The Morgan fingerprint density at radius 3 is 2.45 bits per heavy atom. The summed E-state index contributed by atoms with van der Waals surface area (Å²) in [5.41, 5.74) is -0.913. The van der Waals surface area contributed by atoms with Gasteiger partial charge in [-0.25, -0.2) is 23.4 Å². The van der Waals surface area contributed by atoms with Crippen LogP contribution in [0.1, 0.15) is 39.6 Å². The van der Waals surface area contributed by atoms with Crippen LogP contribution in [0.5, 0.6) is 0 Å². The lowest BCUT2D eigenvalue weighted by Gasteiger charge is -2.15. The highest BCUT2D eigenvalue weighted by atomic mass is 35.5. The average Bonchev–Trinajstić information content (AvgIpc) is 3.22. The van der Waals surface area contributed by atoms with Gasteiger partial charge in [0.05, 0.1) is 10.9 Å². The highest BCUT2D eigenvalue weighted by Crippen LogP contribution is 2.32. The fourth-order valence-electron chi connectivity index (χ4n) is 2.65. The number of carbonyl (C=O) groups is 2. The molecule has 3 rings (SSSR count). The van der Waals surface area contributed by atoms with E-state index in [1.807, 2.05) is 0 Å². The van der Waals surface area contributed by atoms with E-state index in [4.69, 9.17) is 17.3 Å². The van der Waals surface area contributed by atoms with Crippen LogP contribution in [0.25, 0.3) is 5.82 Å². The quantitative estimate of drug-likeness (QED) is 0.512. The Labute approximate surface area is 188 Å². The molecule has 1 atom stereocenters. The maximum Gasteiger partial charge on any atom is 0.501 e. The van der Waals surface area contributed by atoms with E-state index in [1.165, 1.54) is 17.7 Å². The van der Waals surface area contributed by atoms with E-state index in [-0.39, 0.29) is 22.4 Å². The Bertz CT molecular complexity index is 1340. The number of carbonyl (C=O) groups excluding carboxylic acids is 2. The molecular formula is C17H13ClF3N7O4S. The molecule has 16 heteroatoms. The number of halogens is 4. The van der Waals surface area contributed by atoms with Gasteiger partial charge in [-0.3, -0.25) is 9.59 Å². The van der Waals surface area contributed by atoms with Crippen LogP contribution < -0.4 is 11.1 Å². The van der Waals surface area contributed by atoms with Crippen LogP contribution in [0.2, 0.25) is 5.02 Å². The number of nitrogens with one attached hydrogen (secondary N) is 1. The SMILES string of the molecule is C[C@H](NC(=O)c1cc(Cl)cc(S(=O)(=O)C(F)(F)F)c1)c1ncnn1-c1cc(C(N)=O)ncn1. The van der Waals surface area contributed by atoms with Gasteiger partial charge in [-0.1, -0.05) is 11.6 Å². The number of alkyl halides is 3. The molecule has 2 heterocycles. The van der Waals surface area contributed by atoms with Gasteiger partial charge in [0.15, 0.2) is 11.6 Å². The predicted octanol–water partition coefficient (Wildman–Crippen LogP) is 1.59. The molecule has 0 radical (unpaired) electrons. The van der Waals surface area contributed by atoms with E-state index in [9.17, 15) is 31.2 Å². The largest absolute Gasteiger partial charge is 0.501 e. The van der Waals surface area contributed by atoms with Crippen molar-refractivity contribution in [3.8, 4) is 5.82 Å². The van der Waals surface area contributed by atoms with Crippen LogP contribution in [0, 0.1) is 0 Å². The number of rotatable bonds is 6. The van der Waals surface area contributed by atoms with E-state index in [2.05, 4.69) is 25.4 Å². The Balaban J connectivity index is 1.90. The number of amides is 2. The zero-order valence-corrected chi connectivity index (χ0v) is 18.0. The Hall–Kier alpha value is -3.59. The van der Waals surface area contributed by atoms with Crippen molar-refractivity contribution in [1.29, 1.82) is 0 Å². The molecule has 11 nitrogen and oxygen atoms in total. The molecule has 0 bridgehead atoms. The summed E-state index contributed by atoms with van der Waals surface area (Å²) in [6, 6.07) is 2.50. The zero-order chi connectivity index (χ0) is 24.6. The maximum atomic E-state index is 12.9. The number of sulfone groups is 1. The number of aromatic nitrogens is 5. The van der Waals surface area contributed by atoms with E-state index in [1.54, 1.807) is 0 Å². The number of primary amides is 1.